The van der Waals surface area contributed by atoms with Crippen LogP contribution in [0.25, 0.3) is 54.7 Å². The van der Waals surface area contributed by atoms with Crippen LogP contribution in [-0.4, -0.2) is 9.13 Å². The number of anilines is 3. The van der Waals surface area contributed by atoms with Crippen molar-refractivity contribution in [3.8, 4) is 11.1 Å². The van der Waals surface area contributed by atoms with E-state index < -0.39 is 23.3 Å². The first-order valence-corrected chi connectivity index (χ1v) is 18.7. The number of rotatable bonds is 8. The Morgan fingerprint density at radius 1 is 0.333 bits per heavy atom. The van der Waals surface area contributed by atoms with Gasteiger partial charge >= 0.3 is 0 Å². The van der Waals surface area contributed by atoms with Crippen molar-refractivity contribution in [2.24, 2.45) is 0 Å². The van der Waals surface area contributed by atoms with E-state index in [2.05, 4.69) is 111 Å². The highest BCUT2D eigenvalue weighted by atomic mass is 19.2. The van der Waals surface area contributed by atoms with Crippen molar-refractivity contribution in [3.05, 3.63) is 210 Å². The summed E-state index contributed by atoms with van der Waals surface area (Å²) in [6, 6.07) is 56.0. The minimum atomic E-state index is -0.867. The highest BCUT2D eigenvalue weighted by Crippen LogP contribution is 2.42. The molecule has 2 aromatic heterocycles. The summed E-state index contributed by atoms with van der Waals surface area (Å²) in [4.78, 5) is 2.25. The van der Waals surface area contributed by atoms with Crippen LogP contribution in [0.15, 0.2) is 176 Å². The molecule has 7 heteroatoms. The molecule has 8 aromatic carbocycles. The molecule has 0 spiro atoms. The normalized spacial score (nSPS) is 11.6. The van der Waals surface area contributed by atoms with E-state index in [9.17, 15) is 17.6 Å². The molecule has 0 bridgehead atoms. The number of fused-ring (bicyclic) bond motifs is 6. The van der Waals surface area contributed by atoms with Crippen molar-refractivity contribution < 1.29 is 17.6 Å². The van der Waals surface area contributed by atoms with Gasteiger partial charge < -0.3 is 14.0 Å². The van der Waals surface area contributed by atoms with Gasteiger partial charge in [0.2, 0.25) is 0 Å². The molecule has 0 amide bonds. The van der Waals surface area contributed by atoms with Crippen LogP contribution in [0.2, 0.25) is 0 Å². The maximum Gasteiger partial charge on any atom is 0.159 e. The molecule has 0 aliphatic rings. The van der Waals surface area contributed by atoms with Gasteiger partial charge in [0, 0.05) is 73.8 Å². The molecule has 0 saturated heterocycles. The second-order valence-electron chi connectivity index (χ2n) is 14.4. The number of halogens is 4. The maximum absolute atomic E-state index is 14.3. The zero-order chi connectivity index (χ0) is 38.6. The lowest BCUT2D eigenvalue weighted by Gasteiger charge is -2.26. The number of para-hydroxylation sites is 2. The third-order valence-corrected chi connectivity index (χ3v) is 10.9. The molecule has 276 valence electrons. The molecule has 3 nitrogen and oxygen atoms in total. The SMILES string of the molecule is Fc1ccc(Cn2c3ccccc3c3cc(N(c4ccc(-c5ccccc5)cc4)c4ccc5c(c4)c4ccccc4n5Cc4ccc(F)c(F)c4)ccc32)cc1F. The molecule has 0 saturated carbocycles. The summed E-state index contributed by atoms with van der Waals surface area (Å²) in [6.45, 7) is 0.743. The van der Waals surface area contributed by atoms with Gasteiger partial charge in [0.05, 0.1) is 0 Å². The first-order valence-electron chi connectivity index (χ1n) is 18.7. The maximum atomic E-state index is 14.3. The van der Waals surface area contributed by atoms with E-state index in [0.717, 1.165) is 71.8 Å². The van der Waals surface area contributed by atoms with Gasteiger partial charge in [-0.2, -0.15) is 0 Å². The summed E-state index contributed by atoms with van der Waals surface area (Å²) in [6.07, 6.45) is 0. The molecule has 0 atom stereocenters. The summed E-state index contributed by atoms with van der Waals surface area (Å²) < 4.78 is 60.6. The highest BCUT2D eigenvalue weighted by Gasteiger charge is 2.20. The largest absolute Gasteiger partial charge is 0.336 e. The molecule has 2 heterocycles. The predicted molar refractivity (Wildman–Crippen MR) is 223 cm³/mol. The molecular formula is C50H33F4N3. The first kappa shape index (κ1) is 34.4. The molecule has 0 fully saturated rings. The Hall–Kier alpha value is -7.12. The minimum Gasteiger partial charge on any atom is -0.336 e. The second-order valence-corrected chi connectivity index (χ2v) is 14.4. The van der Waals surface area contributed by atoms with E-state index in [1.165, 1.54) is 24.3 Å². The molecule has 57 heavy (non-hydrogen) atoms. The van der Waals surface area contributed by atoms with Gasteiger partial charge in [-0.05, 0) is 107 Å². The summed E-state index contributed by atoms with van der Waals surface area (Å²) in [7, 11) is 0. The van der Waals surface area contributed by atoms with E-state index in [4.69, 9.17) is 0 Å². The Kier molecular flexibility index (Phi) is 8.37. The number of benzene rings is 8. The zero-order valence-corrected chi connectivity index (χ0v) is 30.5. The fraction of sp³-hybridized carbons (Fsp3) is 0.0400. The smallest absolute Gasteiger partial charge is 0.159 e. The van der Waals surface area contributed by atoms with E-state index in [1.807, 2.05) is 42.5 Å². The molecule has 10 aromatic rings. The molecule has 0 aliphatic heterocycles. The fourth-order valence-electron chi connectivity index (χ4n) is 8.22. The summed E-state index contributed by atoms with van der Waals surface area (Å²) >= 11 is 0. The van der Waals surface area contributed by atoms with Crippen LogP contribution in [0.5, 0.6) is 0 Å². The minimum absolute atomic E-state index is 0.372. The summed E-state index contributed by atoms with van der Waals surface area (Å²) in [5.74, 6) is -3.47. The van der Waals surface area contributed by atoms with Crippen LogP contribution in [0.3, 0.4) is 0 Å². The Morgan fingerprint density at radius 3 is 1.25 bits per heavy atom. The van der Waals surface area contributed by atoms with Crippen LogP contribution in [0, 0.1) is 23.3 Å². The van der Waals surface area contributed by atoms with Crippen molar-refractivity contribution >= 4 is 60.7 Å². The first-order chi connectivity index (χ1) is 27.9. The van der Waals surface area contributed by atoms with Crippen LogP contribution in [0.4, 0.5) is 34.6 Å². The fourth-order valence-corrected chi connectivity index (χ4v) is 8.22. The number of aromatic nitrogens is 2. The quantitative estimate of drug-likeness (QED) is 0.141. The lowest BCUT2D eigenvalue weighted by Crippen LogP contribution is -2.10. The van der Waals surface area contributed by atoms with Crippen molar-refractivity contribution in [2.75, 3.05) is 4.90 Å². The van der Waals surface area contributed by atoms with Gasteiger partial charge in [-0.25, -0.2) is 17.6 Å². The van der Waals surface area contributed by atoms with Crippen LogP contribution in [-0.2, 0) is 13.1 Å². The van der Waals surface area contributed by atoms with Crippen LogP contribution >= 0.6 is 0 Å². The van der Waals surface area contributed by atoms with Crippen LogP contribution in [0.1, 0.15) is 11.1 Å². The molecule has 10 rings (SSSR count). The highest BCUT2D eigenvalue weighted by molar-refractivity contribution is 6.11. The van der Waals surface area contributed by atoms with Gasteiger partial charge in [-0.15, -0.1) is 0 Å². The summed E-state index contributed by atoms with van der Waals surface area (Å²) in [5.41, 5.74) is 10.3. The van der Waals surface area contributed by atoms with Gasteiger partial charge in [-0.3, -0.25) is 0 Å². The van der Waals surface area contributed by atoms with E-state index in [-0.39, 0.29) is 0 Å². The Balaban J connectivity index is 1.14. The van der Waals surface area contributed by atoms with Gasteiger partial charge in [-0.1, -0.05) is 91.0 Å². The number of nitrogens with zero attached hydrogens (tertiary/aromatic N) is 3. The third kappa shape index (κ3) is 6.08. The number of hydrogen-bond donors (Lipinski definition) is 0. The molecular weight excluding hydrogens is 719 g/mol. The van der Waals surface area contributed by atoms with Crippen molar-refractivity contribution in [1.29, 1.82) is 0 Å². The molecule has 0 aliphatic carbocycles. The standard InChI is InChI=1S/C50H33F4N3/c51-43-22-14-32(26-45(43)53)30-55-47-12-6-4-10-39(47)41-28-37(20-24-49(41)55)57(36-18-16-35(17-19-36)34-8-2-1-3-9-34)38-21-25-50-42(29-38)40-11-5-7-13-48(40)56(50)31-33-15-23-44(52)46(54)27-33/h1-29H,30-31H2. The average Bonchev–Trinajstić information content (AvgIpc) is 3.72. The monoisotopic (exact) mass is 751 g/mol. The van der Waals surface area contributed by atoms with Crippen molar-refractivity contribution in [2.45, 2.75) is 13.1 Å². The van der Waals surface area contributed by atoms with E-state index >= 15 is 0 Å². The Bertz CT molecular complexity index is 2960. The van der Waals surface area contributed by atoms with Crippen LogP contribution < -0.4 is 4.90 Å². The van der Waals surface area contributed by atoms with Gasteiger partial charge in [0.25, 0.3) is 0 Å². The van der Waals surface area contributed by atoms with Crippen molar-refractivity contribution in [3.63, 3.8) is 0 Å². The van der Waals surface area contributed by atoms with Crippen molar-refractivity contribution in [1.82, 2.24) is 9.13 Å². The third-order valence-electron chi connectivity index (χ3n) is 10.9. The van der Waals surface area contributed by atoms with E-state index in [1.54, 1.807) is 12.1 Å². The van der Waals surface area contributed by atoms with Gasteiger partial charge in [0.1, 0.15) is 0 Å². The lowest BCUT2D eigenvalue weighted by atomic mass is 10.0. The predicted octanol–water partition coefficient (Wildman–Crippen LogP) is 13.7. The summed E-state index contributed by atoms with van der Waals surface area (Å²) in [5, 5.41) is 4.15. The molecule has 0 unspecified atom stereocenters. The second kappa shape index (κ2) is 13.9. The molecule has 0 radical (unpaired) electrons. The average molecular weight is 752 g/mol. The topological polar surface area (TPSA) is 13.1 Å². The van der Waals surface area contributed by atoms with Gasteiger partial charge in [0.15, 0.2) is 23.3 Å². The Labute approximate surface area is 325 Å². The lowest BCUT2D eigenvalue weighted by molar-refractivity contribution is 0.506. The molecule has 0 N–H and O–H groups in total. The zero-order valence-electron chi connectivity index (χ0n) is 30.5. The van der Waals surface area contributed by atoms with E-state index in [0.29, 0.717) is 24.2 Å². The Morgan fingerprint density at radius 2 is 0.754 bits per heavy atom. The number of hydrogen-bond acceptors (Lipinski definition) is 1.